The number of hydrogen-bond acceptors (Lipinski definition) is 5. The molecule has 166 valence electrons. The Morgan fingerprint density at radius 2 is 1.58 bits per heavy atom. The molecule has 0 amide bonds. The molecule has 33 heavy (non-hydrogen) atoms. The molecule has 1 aromatic heterocycles. The summed E-state index contributed by atoms with van der Waals surface area (Å²) in [7, 11) is 0. The molecule has 5 rings (SSSR count). The number of nitrogens with zero attached hydrogens (tertiary/aromatic N) is 2. The summed E-state index contributed by atoms with van der Waals surface area (Å²) in [6.07, 6.45) is 1.58. The first-order chi connectivity index (χ1) is 16.2. The molecule has 1 N–H and O–H groups in total. The number of benzene rings is 3. The lowest BCUT2D eigenvalue weighted by atomic mass is 9.99. The number of hydrogen-bond donors (Lipinski definition) is 1. The van der Waals surface area contributed by atoms with Gasteiger partial charge in [0, 0.05) is 18.7 Å². The van der Waals surface area contributed by atoms with Crippen molar-refractivity contribution in [3.05, 3.63) is 84.9 Å². The van der Waals surface area contributed by atoms with Gasteiger partial charge in [-0.3, -0.25) is 4.79 Å². The summed E-state index contributed by atoms with van der Waals surface area (Å²) in [5, 5.41) is 10.4. The highest BCUT2D eigenvalue weighted by molar-refractivity contribution is 7.19. The molecule has 2 heterocycles. The van der Waals surface area contributed by atoms with E-state index < -0.39 is 5.97 Å². The van der Waals surface area contributed by atoms with E-state index in [-0.39, 0.29) is 5.92 Å². The van der Waals surface area contributed by atoms with Crippen molar-refractivity contribution in [1.82, 2.24) is 4.98 Å². The van der Waals surface area contributed by atoms with Gasteiger partial charge < -0.3 is 14.7 Å². The van der Waals surface area contributed by atoms with Crippen LogP contribution >= 0.6 is 11.3 Å². The van der Waals surface area contributed by atoms with Gasteiger partial charge in [-0.2, -0.15) is 0 Å². The zero-order valence-electron chi connectivity index (χ0n) is 18.1. The minimum atomic E-state index is -0.728. The van der Waals surface area contributed by atoms with Crippen molar-refractivity contribution in [2.45, 2.75) is 12.8 Å². The summed E-state index contributed by atoms with van der Waals surface area (Å²) in [5.74, 6) is 0.487. The lowest BCUT2D eigenvalue weighted by molar-refractivity contribution is -0.141. The molecule has 1 aliphatic heterocycles. The number of anilines is 1. The lowest BCUT2D eigenvalue weighted by Gasteiger charge is -2.30. The molecule has 1 saturated heterocycles. The predicted octanol–water partition coefficient (Wildman–Crippen LogP) is 6.57. The second-order valence-electron chi connectivity index (χ2n) is 8.10. The molecule has 3 aromatic carbocycles. The van der Waals surface area contributed by atoms with E-state index in [1.54, 1.807) is 11.3 Å². The van der Waals surface area contributed by atoms with Crippen LogP contribution in [-0.4, -0.2) is 29.1 Å². The molecule has 0 radical (unpaired) electrons. The molecule has 1 aliphatic rings. The standard InChI is InChI=1S/C27H24N2O3S/c30-26(31)21-10-7-17-29(18-21)27-28-24(25(33-27)20-8-3-1-4-9-20)19-13-15-23(16-14-19)32-22-11-5-2-6-12-22/h1-6,8-9,11-16,21H,7,10,17-18H2,(H,30,31). The summed E-state index contributed by atoms with van der Waals surface area (Å²) in [6.45, 7) is 1.33. The summed E-state index contributed by atoms with van der Waals surface area (Å²) in [4.78, 5) is 19.8. The lowest BCUT2D eigenvalue weighted by Crippen LogP contribution is -2.38. The van der Waals surface area contributed by atoms with Crippen LogP contribution in [0.4, 0.5) is 5.13 Å². The number of rotatable bonds is 6. The van der Waals surface area contributed by atoms with Gasteiger partial charge in [-0.15, -0.1) is 0 Å². The van der Waals surface area contributed by atoms with E-state index in [1.807, 2.05) is 72.8 Å². The number of ether oxygens (including phenoxy) is 1. The number of thiazole rings is 1. The average Bonchev–Trinajstić information content (AvgIpc) is 3.31. The van der Waals surface area contributed by atoms with Gasteiger partial charge in [-0.25, -0.2) is 4.98 Å². The number of carbonyl (C=O) groups is 1. The van der Waals surface area contributed by atoms with Crippen molar-refractivity contribution in [1.29, 1.82) is 0 Å². The Hall–Kier alpha value is -3.64. The van der Waals surface area contributed by atoms with Crippen LogP contribution in [0.2, 0.25) is 0 Å². The Morgan fingerprint density at radius 3 is 2.27 bits per heavy atom. The first kappa shape index (κ1) is 21.2. The zero-order chi connectivity index (χ0) is 22.6. The maximum Gasteiger partial charge on any atom is 0.308 e. The number of para-hydroxylation sites is 1. The van der Waals surface area contributed by atoms with Gasteiger partial charge in [0.1, 0.15) is 11.5 Å². The summed E-state index contributed by atoms with van der Waals surface area (Å²) in [6, 6.07) is 27.9. The predicted molar refractivity (Wildman–Crippen MR) is 132 cm³/mol. The molecule has 1 atom stereocenters. The van der Waals surface area contributed by atoms with Gasteiger partial charge in [0.25, 0.3) is 0 Å². The maximum atomic E-state index is 11.6. The van der Waals surface area contributed by atoms with E-state index in [0.717, 1.165) is 57.7 Å². The fourth-order valence-corrected chi connectivity index (χ4v) is 5.21. The third kappa shape index (κ3) is 4.76. The van der Waals surface area contributed by atoms with Crippen molar-refractivity contribution in [3.8, 4) is 33.2 Å². The molecule has 1 fully saturated rings. The SMILES string of the molecule is O=C(O)C1CCCN(c2nc(-c3ccc(Oc4ccccc4)cc3)c(-c3ccccc3)s2)C1. The second kappa shape index (κ2) is 9.46. The fraction of sp³-hybridized carbons (Fsp3) is 0.185. The van der Waals surface area contributed by atoms with E-state index in [4.69, 9.17) is 9.72 Å². The quantitative estimate of drug-likeness (QED) is 0.355. The smallest absolute Gasteiger partial charge is 0.308 e. The maximum absolute atomic E-state index is 11.6. The second-order valence-corrected chi connectivity index (χ2v) is 9.08. The van der Waals surface area contributed by atoms with Gasteiger partial charge in [0.15, 0.2) is 5.13 Å². The van der Waals surface area contributed by atoms with Gasteiger partial charge in [-0.1, -0.05) is 59.9 Å². The molecule has 0 aliphatic carbocycles. The Labute approximate surface area is 196 Å². The van der Waals surface area contributed by atoms with Crippen LogP contribution in [0.5, 0.6) is 11.5 Å². The van der Waals surface area contributed by atoms with Crippen LogP contribution < -0.4 is 9.64 Å². The molecule has 5 nitrogen and oxygen atoms in total. The highest BCUT2D eigenvalue weighted by atomic mass is 32.1. The van der Waals surface area contributed by atoms with Crippen molar-refractivity contribution < 1.29 is 14.6 Å². The van der Waals surface area contributed by atoms with Crippen molar-refractivity contribution >= 4 is 22.4 Å². The summed E-state index contributed by atoms with van der Waals surface area (Å²) >= 11 is 1.63. The fourth-order valence-electron chi connectivity index (χ4n) is 4.08. The first-order valence-corrected chi connectivity index (χ1v) is 11.9. The first-order valence-electron chi connectivity index (χ1n) is 11.0. The Kier molecular flexibility index (Phi) is 6.09. The van der Waals surface area contributed by atoms with E-state index in [0.29, 0.717) is 6.54 Å². The van der Waals surface area contributed by atoms with Crippen LogP contribution in [0.25, 0.3) is 21.7 Å². The molecular formula is C27H24N2O3S. The number of carboxylic acids is 1. The van der Waals surface area contributed by atoms with Crippen LogP contribution in [0.3, 0.4) is 0 Å². The summed E-state index contributed by atoms with van der Waals surface area (Å²) in [5.41, 5.74) is 3.01. The van der Waals surface area contributed by atoms with Crippen LogP contribution in [0.1, 0.15) is 12.8 Å². The zero-order valence-corrected chi connectivity index (χ0v) is 18.9. The van der Waals surface area contributed by atoms with E-state index >= 15 is 0 Å². The Morgan fingerprint density at radius 1 is 0.909 bits per heavy atom. The Bertz CT molecular complexity index is 1220. The van der Waals surface area contributed by atoms with Crippen LogP contribution in [0, 0.1) is 5.92 Å². The number of aromatic nitrogens is 1. The molecule has 0 saturated carbocycles. The Balaban J connectivity index is 1.47. The minimum Gasteiger partial charge on any atom is -0.481 e. The van der Waals surface area contributed by atoms with Crippen LogP contribution in [0.15, 0.2) is 84.9 Å². The average molecular weight is 457 g/mol. The third-order valence-corrected chi connectivity index (χ3v) is 6.96. The van der Waals surface area contributed by atoms with Crippen molar-refractivity contribution in [2.75, 3.05) is 18.0 Å². The molecule has 0 bridgehead atoms. The van der Waals surface area contributed by atoms with E-state index in [2.05, 4.69) is 17.0 Å². The highest BCUT2D eigenvalue weighted by Crippen LogP contribution is 2.41. The number of aliphatic carboxylic acids is 1. The topological polar surface area (TPSA) is 62.7 Å². The highest BCUT2D eigenvalue weighted by Gasteiger charge is 2.28. The number of piperidine rings is 1. The van der Waals surface area contributed by atoms with Gasteiger partial charge in [0.05, 0.1) is 16.5 Å². The van der Waals surface area contributed by atoms with E-state index in [9.17, 15) is 9.90 Å². The van der Waals surface area contributed by atoms with Crippen molar-refractivity contribution in [3.63, 3.8) is 0 Å². The molecule has 1 unspecified atom stereocenters. The minimum absolute atomic E-state index is 0.347. The van der Waals surface area contributed by atoms with Gasteiger partial charge in [0.2, 0.25) is 0 Å². The molecule has 0 spiro atoms. The normalized spacial score (nSPS) is 15.9. The number of carboxylic acid groups (broad SMARTS) is 1. The molecule has 4 aromatic rings. The summed E-state index contributed by atoms with van der Waals surface area (Å²) < 4.78 is 5.94. The van der Waals surface area contributed by atoms with E-state index in [1.165, 1.54) is 0 Å². The van der Waals surface area contributed by atoms with Crippen molar-refractivity contribution in [2.24, 2.45) is 5.92 Å². The largest absolute Gasteiger partial charge is 0.481 e. The third-order valence-electron chi connectivity index (χ3n) is 5.80. The monoisotopic (exact) mass is 456 g/mol. The molecular weight excluding hydrogens is 432 g/mol. The molecule has 6 heteroatoms. The van der Waals surface area contributed by atoms with Crippen LogP contribution in [-0.2, 0) is 4.79 Å². The van der Waals surface area contributed by atoms with Gasteiger partial charge in [-0.05, 0) is 54.8 Å². The van der Waals surface area contributed by atoms with Gasteiger partial charge >= 0.3 is 5.97 Å².